The van der Waals surface area contributed by atoms with E-state index in [2.05, 4.69) is 20.2 Å². The number of H-pyrrole nitrogens is 1. The van der Waals surface area contributed by atoms with Crippen LogP contribution in [0.2, 0.25) is 0 Å². The Balaban J connectivity index is 1.70. The van der Waals surface area contributed by atoms with E-state index in [-0.39, 0.29) is 16.8 Å². The molecule has 0 atom stereocenters. The lowest BCUT2D eigenvalue weighted by Gasteiger charge is -2.18. The van der Waals surface area contributed by atoms with Gasteiger partial charge in [-0.15, -0.1) is 0 Å². The second-order valence-corrected chi connectivity index (χ2v) is 6.92. The lowest BCUT2D eigenvalue weighted by atomic mass is 10.0. The minimum Gasteiger partial charge on any atom is -0.493 e. The smallest absolute Gasteiger partial charge is 0.267 e. The van der Waals surface area contributed by atoms with Crippen LogP contribution in [0.25, 0.3) is 22.3 Å². The van der Waals surface area contributed by atoms with Crippen LogP contribution in [0.1, 0.15) is 20.7 Å². The summed E-state index contributed by atoms with van der Waals surface area (Å²) >= 11 is 0. The zero-order chi connectivity index (χ0) is 22.4. The highest BCUT2D eigenvalue weighted by atomic mass is 16.5. The highest BCUT2D eigenvalue weighted by molar-refractivity contribution is 6.38. The minimum absolute atomic E-state index is 0.183. The summed E-state index contributed by atoms with van der Waals surface area (Å²) in [6, 6.07) is 6.70. The van der Waals surface area contributed by atoms with Crippen molar-refractivity contribution in [3.8, 4) is 28.5 Å². The minimum atomic E-state index is -0.507. The summed E-state index contributed by atoms with van der Waals surface area (Å²) in [5.74, 6) is -0.0135. The highest BCUT2D eigenvalue weighted by Gasteiger charge is 2.40. The van der Waals surface area contributed by atoms with E-state index in [4.69, 9.17) is 14.2 Å². The molecule has 4 aromatic rings. The first kappa shape index (κ1) is 19.5. The number of nitrogens with zero attached hydrogens (tertiary/aromatic N) is 4. The van der Waals surface area contributed by atoms with E-state index in [1.165, 1.54) is 27.5 Å². The predicted octanol–water partition coefficient (Wildman–Crippen LogP) is 2.85. The molecule has 0 saturated carbocycles. The Kier molecular flexibility index (Phi) is 4.47. The standard InChI is InChI=1S/C22H17N5O5/c1-30-14-7-12(8-15(31-2)19(14)32-3)27-21(28)13-10-24-20-17(16(13)22(27)29)18(25-26-20)11-5-4-6-23-9-11/h4-10H,1-3H3,(H,24,25,26). The number of nitrogens with one attached hydrogen (secondary N) is 1. The first-order valence-corrected chi connectivity index (χ1v) is 9.55. The van der Waals surface area contributed by atoms with Crippen LogP contribution in [0.3, 0.4) is 0 Å². The Morgan fingerprint density at radius 2 is 1.72 bits per heavy atom. The Labute approximate surface area is 181 Å². The molecule has 0 unspecified atom stereocenters. The van der Waals surface area contributed by atoms with Gasteiger partial charge in [-0.3, -0.25) is 19.7 Å². The van der Waals surface area contributed by atoms with Gasteiger partial charge in [-0.05, 0) is 12.1 Å². The molecule has 1 aliphatic heterocycles. The van der Waals surface area contributed by atoms with E-state index < -0.39 is 11.8 Å². The van der Waals surface area contributed by atoms with Gasteiger partial charge >= 0.3 is 0 Å². The molecule has 160 valence electrons. The number of carbonyl (C=O) groups is 2. The van der Waals surface area contributed by atoms with Crippen molar-refractivity contribution in [3.05, 3.63) is 54.0 Å². The number of hydrogen-bond donors (Lipinski definition) is 1. The monoisotopic (exact) mass is 431 g/mol. The van der Waals surface area contributed by atoms with Gasteiger partial charge in [0.05, 0.1) is 49.2 Å². The van der Waals surface area contributed by atoms with Crippen LogP contribution in [-0.4, -0.2) is 53.3 Å². The summed E-state index contributed by atoms with van der Waals surface area (Å²) < 4.78 is 16.1. The highest BCUT2D eigenvalue weighted by Crippen LogP contribution is 2.43. The molecule has 0 spiro atoms. The van der Waals surface area contributed by atoms with Gasteiger partial charge in [-0.25, -0.2) is 9.88 Å². The molecule has 0 aliphatic carbocycles. The number of ether oxygens (including phenoxy) is 3. The maximum Gasteiger partial charge on any atom is 0.267 e. The van der Waals surface area contributed by atoms with Crippen LogP contribution in [0.5, 0.6) is 17.2 Å². The zero-order valence-electron chi connectivity index (χ0n) is 17.4. The lowest BCUT2D eigenvalue weighted by Crippen LogP contribution is -2.29. The first-order valence-electron chi connectivity index (χ1n) is 9.55. The quantitative estimate of drug-likeness (QED) is 0.479. The van der Waals surface area contributed by atoms with E-state index in [9.17, 15) is 9.59 Å². The fourth-order valence-corrected chi connectivity index (χ4v) is 3.85. The van der Waals surface area contributed by atoms with Gasteiger partial charge in [0.1, 0.15) is 0 Å². The number of imide groups is 1. The average Bonchev–Trinajstić information content (AvgIpc) is 3.37. The molecule has 1 aromatic carbocycles. The lowest BCUT2D eigenvalue weighted by molar-refractivity contribution is 0.0926. The SMILES string of the molecule is COc1cc(N2C(=O)c3cnc4n[nH]c(-c5cccnc5)c4c3C2=O)cc(OC)c1OC. The number of carbonyl (C=O) groups excluding carboxylic acids is 2. The normalized spacial score (nSPS) is 12.9. The number of anilines is 1. The molecule has 2 amide bonds. The number of rotatable bonds is 5. The summed E-state index contributed by atoms with van der Waals surface area (Å²) in [6.45, 7) is 0. The largest absolute Gasteiger partial charge is 0.493 e. The number of fused-ring (bicyclic) bond motifs is 3. The Bertz CT molecular complexity index is 1360. The Morgan fingerprint density at radius 3 is 2.34 bits per heavy atom. The topological polar surface area (TPSA) is 120 Å². The van der Waals surface area contributed by atoms with Gasteiger partial charge in [0.15, 0.2) is 17.1 Å². The average molecular weight is 431 g/mol. The van der Waals surface area contributed by atoms with Crippen molar-refractivity contribution in [2.45, 2.75) is 0 Å². The number of aromatic nitrogens is 4. The fourth-order valence-electron chi connectivity index (χ4n) is 3.85. The summed E-state index contributed by atoms with van der Waals surface area (Å²) in [5, 5.41) is 7.58. The third-order valence-electron chi connectivity index (χ3n) is 5.29. The number of methoxy groups -OCH3 is 3. The Morgan fingerprint density at radius 1 is 0.969 bits per heavy atom. The molecule has 0 radical (unpaired) electrons. The molecule has 3 aromatic heterocycles. The molecule has 5 rings (SSSR count). The van der Waals surface area contributed by atoms with Crippen molar-refractivity contribution in [3.63, 3.8) is 0 Å². The fraction of sp³-hybridized carbons (Fsp3) is 0.136. The number of benzene rings is 1. The molecule has 0 bridgehead atoms. The van der Waals surface area contributed by atoms with Gasteiger partial charge in [-0.1, -0.05) is 0 Å². The van der Waals surface area contributed by atoms with Crippen LogP contribution in [-0.2, 0) is 0 Å². The summed E-state index contributed by atoms with van der Waals surface area (Å²) in [4.78, 5) is 36.3. The molecule has 10 nitrogen and oxygen atoms in total. The molecule has 32 heavy (non-hydrogen) atoms. The van der Waals surface area contributed by atoms with Crippen molar-refractivity contribution in [2.24, 2.45) is 0 Å². The van der Waals surface area contributed by atoms with Gasteiger partial charge < -0.3 is 14.2 Å². The van der Waals surface area contributed by atoms with Crippen molar-refractivity contribution in [1.29, 1.82) is 0 Å². The van der Waals surface area contributed by atoms with Gasteiger partial charge in [0.25, 0.3) is 11.8 Å². The van der Waals surface area contributed by atoms with Crippen LogP contribution in [0.15, 0.2) is 42.9 Å². The number of hydrogen-bond acceptors (Lipinski definition) is 8. The number of amides is 2. The summed E-state index contributed by atoms with van der Waals surface area (Å²) in [7, 11) is 4.40. The second-order valence-electron chi connectivity index (χ2n) is 6.92. The molecule has 4 heterocycles. The van der Waals surface area contributed by atoms with Gasteiger partial charge in [0.2, 0.25) is 5.75 Å². The Hall–Kier alpha value is -4.47. The van der Waals surface area contributed by atoms with E-state index in [1.807, 2.05) is 6.07 Å². The van der Waals surface area contributed by atoms with Crippen molar-refractivity contribution in [1.82, 2.24) is 20.2 Å². The molecule has 0 fully saturated rings. The molecule has 0 saturated heterocycles. The van der Waals surface area contributed by atoms with Crippen LogP contribution >= 0.6 is 0 Å². The number of pyridine rings is 2. The summed E-state index contributed by atoms with van der Waals surface area (Å²) in [6.07, 6.45) is 4.65. The van der Waals surface area contributed by atoms with Crippen molar-refractivity contribution in [2.75, 3.05) is 26.2 Å². The van der Waals surface area contributed by atoms with Crippen LogP contribution in [0, 0.1) is 0 Å². The maximum atomic E-state index is 13.6. The predicted molar refractivity (Wildman–Crippen MR) is 114 cm³/mol. The third-order valence-corrected chi connectivity index (χ3v) is 5.29. The van der Waals surface area contributed by atoms with E-state index >= 15 is 0 Å². The molecule has 10 heteroatoms. The zero-order valence-corrected chi connectivity index (χ0v) is 17.4. The second kappa shape index (κ2) is 7.34. The molecular formula is C22H17N5O5. The van der Waals surface area contributed by atoms with Gasteiger partial charge in [0, 0.05) is 36.3 Å². The van der Waals surface area contributed by atoms with E-state index in [0.717, 1.165) is 10.5 Å². The maximum absolute atomic E-state index is 13.6. The molecule has 1 aliphatic rings. The molecular weight excluding hydrogens is 414 g/mol. The third kappa shape index (κ3) is 2.69. The molecule has 1 N–H and O–H groups in total. The van der Waals surface area contributed by atoms with Gasteiger partial charge in [-0.2, -0.15) is 5.10 Å². The summed E-state index contributed by atoms with van der Waals surface area (Å²) in [5.41, 5.74) is 2.30. The van der Waals surface area contributed by atoms with E-state index in [0.29, 0.717) is 34.0 Å². The van der Waals surface area contributed by atoms with Crippen molar-refractivity contribution < 1.29 is 23.8 Å². The number of aromatic amines is 1. The first-order chi connectivity index (χ1) is 15.6. The van der Waals surface area contributed by atoms with E-state index in [1.54, 1.807) is 30.6 Å². The van der Waals surface area contributed by atoms with Crippen LogP contribution in [0.4, 0.5) is 5.69 Å². The van der Waals surface area contributed by atoms with Crippen molar-refractivity contribution >= 4 is 28.5 Å². The van der Waals surface area contributed by atoms with Crippen LogP contribution < -0.4 is 19.1 Å².